The van der Waals surface area contributed by atoms with Crippen molar-refractivity contribution in [3.8, 4) is 0 Å². The van der Waals surface area contributed by atoms with Crippen LogP contribution < -0.4 is 0 Å². The summed E-state index contributed by atoms with van der Waals surface area (Å²) in [6.07, 6.45) is 3.24. The van der Waals surface area contributed by atoms with E-state index in [0.717, 1.165) is 37.3 Å². The molecule has 1 aliphatic rings. The molecular weight excluding hydrogens is 294 g/mol. The molecular formula is C10H16ClN3O2S2. The second-order valence-corrected chi connectivity index (χ2v) is 8.35. The van der Waals surface area contributed by atoms with Crippen LogP contribution in [0.25, 0.3) is 0 Å². The molecule has 1 aliphatic heterocycles. The number of likely N-dealkylation sites (tertiary alicyclic amines) is 1. The Kier molecular flexibility index (Phi) is 4.28. The first kappa shape index (κ1) is 14.2. The largest absolute Gasteiger partial charge is 0.305 e. The molecule has 102 valence electrons. The van der Waals surface area contributed by atoms with Crippen molar-refractivity contribution in [3.05, 3.63) is 10.7 Å². The summed E-state index contributed by atoms with van der Waals surface area (Å²) >= 11 is 6.70. The van der Waals surface area contributed by atoms with E-state index in [1.807, 2.05) is 7.05 Å². The van der Waals surface area contributed by atoms with Crippen LogP contribution in [0.15, 0.2) is 10.4 Å². The van der Waals surface area contributed by atoms with Gasteiger partial charge in [0, 0.05) is 19.6 Å². The smallest absolute Gasteiger partial charge is 0.254 e. The summed E-state index contributed by atoms with van der Waals surface area (Å²) in [7, 11) is 0.179. The average Bonchev–Trinajstić information content (AvgIpc) is 2.75. The zero-order valence-corrected chi connectivity index (χ0v) is 12.7. The first-order valence-electron chi connectivity index (χ1n) is 5.69. The van der Waals surface area contributed by atoms with E-state index in [1.54, 1.807) is 7.05 Å². The standard InChI is InChI=1S/C10H16ClN3O2S2/c1-13-5-3-4-8(7-13)14(2)18(15,16)9-6-12-10(11)17-9/h6,8H,3-5,7H2,1-2H3. The summed E-state index contributed by atoms with van der Waals surface area (Å²) in [5.74, 6) is 0. The molecule has 2 heterocycles. The Bertz CT molecular complexity index is 517. The zero-order chi connectivity index (χ0) is 13.3. The third-order valence-electron chi connectivity index (χ3n) is 3.20. The Morgan fingerprint density at radius 2 is 2.33 bits per heavy atom. The first-order chi connectivity index (χ1) is 8.41. The summed E-state index contributed by atoms with van der Waals surface area (Å²) in [6, 6.07) is 0.0228. The van der Waals surface area contributed by atoms with Crippen LogP contribution in [0, 0.1) is 0 Å². The lowest BCUT2D eigenvalue weighted by molar-refractivity contribution is 0.188. The Balaban J connectivity index is 2.19. The number of aromatic nitrogens is 1. The van der Waals surface area contributed by atoms with Gasteiger partial charge in [-0.3, -0.25) is 0 Å². The van der Waals surface area contributed by atoms with E-state index in [9.17, 15) is 8.42 Å². The van der Waals surface area contributed by atoms with Crippen molar-refractivity contribution in [1.82, 2.24) is 14.2 Å². The fourth-order valence-electron chi connectivity index (χ4n) is 2.13. The molecule has 0 N–H and O–H groups in total. The normalized spacial score (nSPS) is 22.6. The molecule has 0 aliphatic carbocycles. The number of sulfonamides is 1. The van der Waals surface area contributed by atoms with Crippen LogP contribution in [0.3, 0.4) is 0 Å². The molecule has 18 heavy (non-hydrogen) atoms. The maximum absolute atomic E-state index is 12.4. The topological polar surface area (TPSA) is 53.5 Å². The first-order valence-corrected chi connectivity index (χ1v) is 8.32. The van der Waals surface area contributed by atoms with Crippen molar-refractivity contribution in [2.45, 2.75) is 23.1 Å². The van der Waals surface area contributed by atoms with Crippen molar-refractivity contribution in [1.29, 1.82) is 0 Å². The summed E-state index contributed by atoms with van der Waals surface area (Å²) in [6.45, 7) is 1.79. The van der Waals surface area contributed by atoms with Gasteiger partial charge in [0.2, 0.25) is 0 Å². The highest BCUT2D eigenvalue weighted by Gasteiger charge is 2.31. The van der Waals surface area contributed by atoms with Crippen LogP contribution in [0.4, 0.5) is 0 Å². The zero-order valence-electron chi connectivity index (χ0n) is 10.3. The molecule has 0 radical (unpaired) electrons. The van der Waals surface area contributed by atoms with Crippen molar-refractivity contribution >= 4 is 33.0 Å². The molecule has 1 unspecified atom stereocenters. The third kappa shape index (κ3) is 2.85. The second kappa shape index (κ2) is 5.42. The van der Waals surface area contributed by atoms with E-state index >= 15 is 0 Å². The third-order valence-corrected chi connectivity index (χ3v) is 6.67. The number of nitrogens with zero attached hydrogens (tertiary/aromatic N) is 3. The number of halogens is 1. The summed E-state index contributed by atoms with van der Waals surface area (Å²) in [5, 5.41) is 0. The maximum Gasteiger partial charge on any atom is 0.254 e. The van der Waals surface area contributed by atoms with Crippen molar-refractivity contribution in [2.75, 3.05) is 27.2 Å². The fourth-order valence-corrected chi connectivity index (χ4v) is 4.99. The van der Waals surface area contributed by atoms with Gasteiger partial charge in [0.15, 0.2) is 8.68 Å². The Labute approximate surface area is 116 Å². The summed E-state index contributed by atoms with van der Waals surface area (Å²) < 4.78 is 26.7. The van der Waals surface area contributed by atoms with Crippen molar-refractivity contribution in [3.63, 3.8) is 0 Å². The molecule has 0 aromatic carbocycles. The van der Waals surface area contributed by atoms with Crippen molar-refractivity contribution in [2.24, 2.45) is 0 Å². The SMILES string of the molecule is CN1CCCC(N(C)S(=O)(=O)c2cnc(Cl)s2)C1. The quantitative estimate of drug-likeness (QED) is 0.849. The summed E-state index contributed by atoms with van der Waals surface area (Å²) in [5.41, 5.74) is 0. The van der Waals surface area contributed by atoms with Crippen LogP contribution in [-0.2, 0) is 10.0 Å². The van der Waals surface area contributed by atoms with Gasteiger partial charge in [0.05, 0.1) is 6.20 Å². The molecule has 1 aromatic rings. The minimum absolute atomic E-state index is 0.0228. The van der Waals surface area contributed by atoms with Gasteiger partial charge in [-0.2, -0.15) is 4.31 Å². The van der Waals surface area contributed by atoms with Crippen LogP contribution in [0.5, 0.6) is 0 Å². The Hall–Kier alpha value is -0.210. The van der Waals surface area contributed by atoms with Crippen LogP contribution in [0.2, 0.25) is 4.47 Å². The number of hydrogen-bond donors (Lipinski definition) is 0. The lowest BCUT2D eigenvalue weighted by Crippen LogP contribution is -2.47. The second-order valence-electron chi connectivity index (χ2n) is 4.51. The van der Waals surface area contributed by atoms with Gasteiger partial charge in [0.1, 0.15) is 0 Å². The minimum Gasteiger partial charge on any atom is -0.305 e. The van der Waals surface area contributed by atoms with Gasteiger partial charge in [-0.15, -0.1) is 0 Å². The predicted molar refractivity (Wildman–Crippen MR) is 72.6 cm³/mol. The molecule has 5 nitrogen and oxygen atoms in total. The minimum atomic E-state index is -3.46. The monoisotopic (exact) mass is 309 g/mol. The van der Waals surface area contributed by atoms with Crippen molar-refractivity contribution < 1.29 is 8.42 Å². The maximum atomic E-state index is 12.4. The Morgan fingerprint density at radius 3 is 2.89 bits per heavy atom. The average molecular weight is 310 g/mol. The molecule has 0 amide bonds. The molecule has 1 atom stereocenters. The lowest BCUT2D eigenvalue weighted by Gasteiger charge is -2.34. The van der Waals surface area contributed by atoms with E-state index in [2.05, 4.69) is 9.88 Å². The van der Waals surface area contributed by atoms with Gasteiger partial charge in [-0.25, -0.2) is 13.4 Å². The number of rotatable bonds is 3. The van der Waals surface area contributed by atoms with Crippen LogP contribution in [-0.4, -0.2) is 55.8 Å². The molecule has 2 rings (SSSR count). The number of piperidine rings is 1. The lowest BCUT2D eigenvalue weighted by atomic mass is 10.1. The van der Waals surface area contributed by atoms with E-state index in [0.29, 0.717) is 0 Å². The number of hydrogen-bond acceptors (Lipinski definition) is 5. The highest BCUT2D eigenvalue weighted by atomic mass is 35.5. The predicted octanol–water partition coefficient (Wildman–Crippen LogP) is 1.51. The molecule has 8 heteroatoms. The molecule has 1 fully saturated rings. The highest BCUT2D eigenvalue weighted by molar-refractivity contribution is 7.91. The Morgan fingerprint density at radius 1 is 1.61 bits per heavy atom. The molecule has 0 spiro atoms. The molecule has 0 saturated carbocycles. The molecule has 1 saturated heterocycles. The molecule has 1 aromatic heterocycles. The summed E-state index contributed by atoms with van der Waals surface area (Å²) in [4.78, 5) is 5.95. The van der Waals surface area contributed by atoms with E-state index in [4.69, 9.17) is 11.6 Å². The van der Waals surface area contributed by atoms with Crippen LogP contribution >= 0.6 is 22.9 Å². The number of likely N-dealkylation sites (N-methyl/N-ethyl adjacent to an activating group) is 2. The fraction of sp³-hybridized carbons (Fsp3) is 0.700. The van der Waals surface area contributed by atoms with E-state index in [1.165, 1.54) is 10.5 Å². The van der Waals surface area contributed by atoms with Gasteiger partial charge in [0.25, 0.3) is 10.0 Å². The van der Waals surface area contributed by atoms with Gasteiger partial charge in [-0.05, 0) is 26.4 Å². The highest BCUT2D eigenvalue weighted by Crippen LogP contribution is 2.27. The van der Waals surface area contributed by atoms with Crippen LogP contribution in [0.1, 0.15) is 12.8 Å². The van der Waals surface area contributed by atoms with E-state index in [-0.39, 0.29) is 14.7 Å². The molecule has 0 bridgehead atoms. The van der Waals surface area contributed by atoms with E-state index < -0.39 is 10.0 Å². The number of thiazole rings is 1. The van der Waals surface area contributed by atoms with Gasteiger partial charge >= 0.3 is 0 Å². The van der Waals surface area contributed by atoms with Gasteiger partial charge in [-0.1, -0.05) is 22.9 Å². The van der Waals surface area contributed by atoms with Gasteiger partial charge < -0.3 is 4.90 Å².